The average Bonchev–Trinajstić information content (AvgIpc) is 2.49. The monoisotopic (exact) mass is 302 g/mol. The lowest BCUT2D eigenvalue weighted by Gasteiger charge is -2.20. The van der Waals surface area contributed by atoms with Crippen molar-refractivity contribution >= 4 is 18.3 Å². The normalized spacial score (nSPS) is 14.8. The van der Waals surface area contributed by atoms with E-state index in [9.17, 15) is 0 Å². The van der Waals surface area contributed by atoms with Gasteiger partial charge in [0.1, 0.15) is 0 Å². The van der Waals surface area contributed by atoms with Crippen LogP contribution < -0.4 is 0 Å². The maximum absolute atomic E-state index is 6.28. The van der Waals surface area contributed by atoms with E-state index in [1.54, 1.807) is 0 Å². The maximum atomic E-state index is 6.28. The molecule has 0 unspecified atom stereocenters. The molecule has 1 aliphatic carbocycles. The van der Waals surface area contributed by atoms with Crippen molar-refractivity contribution in [2.75, 3.05) is 6.54 Å². The molecule has 21 heavy (non-hydrogen) atoms. The van der Waals surface area contributed by atoms with Crippen LogP contribution in [0, 0.1) is 6.92 Å². The number of halogens is 1. The van der Waals surface area contributed by atoms with E-state index in [1.165, 1.54) is 11.1 Å². The van der Waals surface area contributed by atoms with Crippen molar-refractivity contribution in [3.8, 4) is 0 Å². The molecule has 2 rings (SSSR count). The van der Waals surface area contributed by atoms with E-state index < -0.39 is 0 Å². The maximum Gasteiger partial charge on any atom is 0.0643 e. The van der Waals surface area contributed by atoms with Crippen molar-refractivity contribution in [3.63, 3.8) is 0 Å². The summed E-state index contributed by atoms with van der Waals surface area (Å²) >= 11 is 6.28. The lowest BCUT2D eigenvalue weighted by Crippen LogP contribution is -2.20. The molecule has 0 radical (unpaired) electrons. The van der Waals surface area contributed by atoms with Gasteiger partial charge in [0.05, 0.1) is 13.1 Å². The van der Waals surface area contributed by atoms with Crippen molar-refractivity contribution in [2.45, 2.75) is 26.3 Å². The first-order valence-corrected chi connectivity index (χ1v) is 7.28. The third kappa shape index (κ3) is 4.83. The van der Waals surface area contributed by atoms with Gasteiger partial charge in [0.15, 0.2) is 0 Å². The van der Waals surface area contributed by atoms with Crippen molar-refractivity contribution < 1.29 is 0 Å². The molecule has 0 aromatic heterocycles. The Hall–Kier alpha value is -1.94. The summed E-state index contributed by atoms with van der Waals surface area (Å²) in [5, 5.41) is 13.9. The SMILES string of the molecule is C=N/N=N\N(CC1=C(Cl)CCC=C1)Cc1ccc(C)cc1. The second-order valence-corrected chi connectivity index (χ2v) is 5.46. The van der Waals surface area contributed by atoms with Gasteiger partial charge >= 0.3 is 0 Å². The van der Waals surface area contributed by atoms with Crippen molar-refractivity contribution in [1.29, 1.82) is 0 Å². The summed E-state index contributed by atoms with van der Waals surface area (Å²) < 4.78 is 0. The molecule has 0 bridgehead atoms. The lowest BCUT2D eigenvalue weighted by molar-refractivity contribution is 0.281. The Labute approximate surface area is 130 Å². The highest BCUT2D eigenvalue weighted by Crippen LogP contribution is 2.23. The topological polar surface area (TPSA) is 40.3 Å². The Morgan fingerprint density at radius 1 is 1.24 bits per heavy atom. The molecule has 5 heteroatoms. The number of hydrogen-bond acceptors (Lipinski definition) is 2. The molecule has 0 heterocycles. The summed E-state index contributed by atoms with van der Waals surface area (Å²) in [4.78, 5) is 0. The fraction of sp³-hybridized carbons (Fsp3) is 0.312. The molecule has 0 fully saturated rings. The summed E-state index contributed by atoms with van der Waals surface area (Å²) in [5.41, 5.74) is 3.49. The van der Waals surface area contributed by atoms with Crippen molar-refractivity contribution in [2.24, 2.45) is 15.5 Å². The Morgan fingerprint density at radius 3 is 2.67 bits per heavy atom. The Kier molecular flexibility index (Phi) is 5.69. The fourth-order valence-corrected chi connectivity index (χ4v) is 2.36. The van der Waals surface area contributed by atoms with E-state index in [0.29, 0.717) is 13.1 Å². The molecule has 4 nitrogen and oxygen atoms in total. The summed E-state index contributed by atoms with van der Waals surface area (Å²) in [6.07, 6.45) is 6.08. The highest BCUT2D eigenvalue weighted by atomic mass is 35.5. The summed E-state index contributed by atoms with van der Waals surface area (Å²) in [7, 11) is 0. The van der Waals surface area contributed by atoms with Gasteiger partial charge < -0.3 is 0 Å². The van der Waals surface area contributed by atoms with Crippen LogP contribution in [0.25, 0.3) is 0 Å². The van der Waals surface area contributed by atoms with Gasteiger partial charge in [-0.15, -0.1) is 5.10 Å². The molecule has 0 N–H and O–H groups in total. The van der Waals surface area contributed by atoms with Crippen molar-refractivity contribution in [1.82, 2.24) is 5.01 Å². The van der Waals surface area contributed by atoms with E-state index in [2.05, 4.69) is 65.6 Å². The van der Waals surface area contributed by atoms with Crippen LogP contribution in [0.5, 0.6) is 0 Å². The number of allylic oxidation sites excluding steroid dienone is 2. The zero-order valence-electron chi connectivity index (χ0n) is 12.2. The van der Waals surface area contributed by atoms with Crippen LogP contribution >= 0.6 is 11.6 Å². The first-order chi connectivity index (χ1) is 10.2. The molecule has 1 aromatic carbocycles. The van der Waals surface area contributed by atoms with Gasteiger partial charge in [0.2, 0.25) is 0 Å². The van der Waals surface area contributed by atoms with E-state index in [0.717, 1.165) is 23.4 Å². The number of nitrogens with zero attached hydrogens (tertiary/aromatic N) is 4. The smallest absolute Gasteiger partial charge is 0.0643 e. The highest BCUT2D eigenvalue weighted by Gasteiger charge is 2.11. The van der Waals surface area contributed by atoms with Gasteiger partial charge in [-0.2, -0.15) is 0 Å². The summed E-state index contributed by atoms with van der Waals surface area (Å²) in [5.74, 6) is 0. The quantitative estimate of drug-likeness (QED) is 0.429. The third-order valence-electron chi connectivity index (χ3n) is 3.27. The van der Waals surface area contributed by atoms with Gasteiger partial charge in [-0.1, -0.05) is 58.8 Å². The van der Waals surface area contributed by atoms with E-state index in [-0.39, 0.29) is 0 Å². The second-order valence-electron chi connectivity index (χ2n) is 5.00. The second kappa shape index (κ2) is 7.74. The van der Waals surface area contributed by atoms with Crippen LogP contribution in [0.1, 0.15) is 24.0 Å². The van der Waals surface area contributed by atoms with Gasteiger partial charge in [0, 0.05) is 11.7 Å². The van der Waals surface area contributed by atoms with Gasteiger partial charge in [-0.05, 0) is 36.1 Å². The first kappa shape index (κ1) is 15.4. The molecule has 1 aromatic rings. The zero-order chi connectivity index (χ0) is 15.1. The van der Waals surface area contributed by atoms with Gasteiger partial charge in [-0.25, -0.2) is 0 Å². The highest BCUT2D eigenvalue weighted by molar-refractivity contribution is 6.30. The number of hydrogen-bond donors (Lipinski definition) is 0. The van der Waals surface area contributed by atoms with Crippen LogP contribution in [0.15, 0.2) is 62.6 Å². The molecular weight excluding hydrogens is 284 g/mol. The summed E-state index contributed by atoms with van der Waals surface area (Å²) in [6, 6.07) is 8.35. The Bertz CT molecular complexity index is 572. The van der Waals surface area contributed by atoms with Crippen LogP contribution in [-0.4, -0.2) is 18.3 Å². The third-order valence-corrected chi connectivity index (χ3v) is 3.70. The van der Waals surface area contributed by atoms with Crippen LogP contribution in [-0.2, 0) is 6.54 Å². The molecule has 0 spiro atoms. The standard InChI is InChI=1S/C16H19ClN4/c1-13-7-9-14(10-8-13)11-21(20-19-18-2)12-15-5-3-4-6-16(15)17/h3,5,7-10H,2,4,6,11-12H2,1H3/b20-19-. The molecule has 110 valence electrons. The van der Waals surface area contributed by atoms with Crippen LogP contribution in [0.3, 0.4) is 0 Å². The molecule has 0 amide bonds. The minimum Gasteiger partial charge on any atom is -0.268 e. The van der Waals surface area contributed by atoms with Gasteiger partial charge in [0.25, 0.3) is 0 Å². The van der Waals surface area contributed by atoms with Crippen molar-refractivity contribution in [3.05, 3.63) is 58.1 Å². The Morgan fingerprint density at radius 2 is 2.00 bits per heavy atom. The van der Waals surface area contributed by atoms with E-state index in [1.807, 2.05) is 5.01 Å². The molecule has 0 saturated heterocycles. The fourth-order valence-electron chi connectivity index (χ4n) is 2.13. The molecule has 0 atom stereocenters. The molecule has 0 saturated carbocycles. The molecule has 0 aliphatic heterocycles. The average molecular weight is 303 g/mol. The molecular formula is C16H19ClN4. The predicted octanol–water partition coefficient (Wildman–Crippen LogP) is 4.62. The first-order valence-electron chi connectivity index (χ1n) is 6.90. The zero-order valence-corrected chi connectivity index (χ0v) is 12.9. The van der Waals surface area contributed by atoms with E-state index >= 15 is 0 Å². The number of aryl methyl sites for hydroxylation is 1. The van der Waals surface area contributed by atoms with Gasteiger partial charge in [-0.3, -0.25) is 5.01 Å². The van der Waals surface area contributed by atoms with Crippen LogP contribution in [0.4, 0.5) is 0 Å². The number of rotatable bonds is 6. The minimum absolute atomic E-state index is 0.613. The predicted molar refractivity (Wildman–Crippen MR) is 87.2 cm³/mol. The minimum atomic E-state index is 0.613. The largest absolute Gasteiger partial charge is 0.268 e. The van der Waals surface area contributed by atoms with E-state index in [4.69, 9.17) is 11.6 Å². The molecule has 1 aliphatic rings. The lowest BCUT2D eigenvalue weighted by atomic mass is 10.1. The summed E-state index contributed by atoms with van der Waals surface area (Å²) in [6.45, 7) is 6.66. The Balaban J connectivity index is 2.10. The van der Waals surface area contributed by atoms with Crippen LogP contribution in [0.2, 0.25) is 0 Å². The number of benzene rings is 1.